The van der Waals surface area contributed by atoms with Crippen molar-refractivity contribution >= 4 is 11.6 Å². The average molecular weight is 211 g/mol. The van der Waals surface area contributed by atoms with Gasteiger partial charge < -0.3 is 0 Å². The molecule has 0 saturated heterocycles. The Labute approximate surface area is 92.3 Å². The maximum Gasteiger partial charge on any atom is 0.0475 e. The van der Waals surface area contributed by atoms with Crippen molar-refractivity contribution in [2.24, 2.45) is 0 Å². The highest BCUT2D eigenvalue weighted by atomic mass is 35.5. The topological polar surface area (TPSA) is 0 Å². The van der Waals surface area contributed by atoms with Gasteiger partial charge in [0.25, 0.3) is 0 Å². The SMILES string of the molecule is Cc1cc(C(C)C)c(Cl)c(C(C)C)c1. The van der Waals surface area contributed by atoms with Crippen molar-refractivity contribution in [2.75, 3.05) is 0 Å². The molecule has 0 aromatic heterocycles. The van der Waals surface area contributed by atoms with Gasteiger partial charge in [0.15, 0.2) is 0 Å². The summed E-state index contributed by atoms with van der Waals surface area (Å²) in [6, 6.07) is 4.39. The van der Waals surface area contributed by atoms with Gasteiger partial charge in [0.2, 0.25) is 0 Å². The van der Waals surface area contributed by atoms with Gasteiger partial charge in [-0.25, -0.2) is 0 Å². The lowest BCUT2D eigenvalue weighted by Crippen LogP contribution is -1.97. The van der Waals surface area contributed by atoms with Crippen LogP contribution in [0.5, 0.6) is 0 Å². The Morgan fingerprint density at radius 2 is 1.29 bits per heavy atom. The second kappa shape index (κ2) is 4.35. The first-order valence-electron chi connectivity index (χ1n) is 5.23. The quantitative estimate of drug-likeness (QED) is 0.652. The van der Waals surface area contributed by atoms with Crippen LogP contribution in [0.4, 0.5) is 0 Å². The highest BCUT2D eigenvalue weighted by Crippen LogP contribution is 2.32. The molecular weight excluding hydrogens is 192 g/mol. The normalized spacial score (nSPS) is 11.4. The van der Waals surface area contributed by atoms with E-state index in [1.807, 2.05) is 0 Å². The minimum absolute atomic E-state index is 0.500. The van der Waals surface area contributed by atoms with E-state index in [2.05, 4.69) is 46.8 Å². The molecule has 0 spiro atoms. The number of hydrogen-bond acceptors (Lipinski definition) is 0. The zero-order valence-electron chi connectivity index (χ0n) is 9.69. The second-order valence-corrected chi connectivity index (χ2v) is 4.94. The lowest BCUT2D eigenvalue weighted by atomic mass is 9.93. The van der Waals surface area contributed by atoms with Crippen LogP contribution in [0.25, 0.3) is 0 Å². The molecule has 1 rings (SSSR count). The molecule has 1 heteroatoms. The van der Waals surface area contributed by atoms with Crippen molar-refractivity contribution < 1.29 is 0 Å². The van der Waals surface area contributed by atoms with E-state index in [1.165, 1.54) is 16.7 Å². The van der Waals surface area contributed by atoms with Gasteiger partial charge in [-0.15, -0.1) is 0 Å². The first kappa shape index (κ1) is 11.6. The Hall–Kier alpha value is -0.490. The number of aryl methyl sites for hydroxylation is 1. The van der Waals surface area contributed by atoms with Gasteiger partial charge in [0, 0.05) is 5.02 Å². The maximum atomic E-state index is 6.37. The summed E-state index contributed by atoms with van der Waals surface area (Å²) in [7, 11) is 0. The van der Waals surface area contributed by atoms with E-state index < -0.39 is 0 Å². The highest BCUT2D eigenvalue weighted by Gasteiger charge is 2.12. The maximum absolute atomic E-state index is 6.37. The van der Waals surface area contributed by atoms with Crippen molar-refractivity contribution in [1.82, 2.24) is 0 Å². The van der Waals surface area contributed by atoms with Crippen molar-refractivity contribution in [3.05, 3.63) is 33.8 Å². The molecular formula is C13H19Cl. The van der Waals surface area contributed by atoms with E-state index >= 15 is 0 Å². The van der Waals surface area contributed by atoms with Crippen LogP contribution in [-0.2, 0) is 0 Å². The fourth-order valence-corrected chi connectivity index (χ4v) is 2.21. The Morgan fingerprint density at radius 3 is 1.57 bits per heavy atom. The predicted molar refractivity (Wildman–Crippen MR) is 64.4 cm³/mol. The monoisotopic (exact) mass is 210 g/mol. The van der Waals surface area contributed by atoms with E-state index in [0.717, 1.165) is 5.02 Å². The standard InChI is InChI=1S/C13H19Cl/c1-8(2)11-6-10(5)7-12(9(3)4)13(11)14/h6-9H,1-5H3. The molecule has 0 amide bonds. The largest absolute Gasteiger partial charge is 0.0837 e. The second-order valence-electron chi connectivity index (χ2n) is 4.57. The van der Waals surface area contributed by atoms with E-state index in [-0.39, 0.29) is 0 Å². The van der Waals surface area contributed by atoms with E-state index in [0.29, 0.717) is 11.8 Å². The third-order valence-electron chi connectivity index (χ3n) is 2.52. The van der Waals surface area contributed by atoms with Crippen LogP contribution < -0.4 is 0 Å². The molecule has 0 heterocycles. The molecule has 0 N–H and O–H groups in total. The van der Waals surface area contributed by atoms with Crippen LogP contribution in [0.3, 0.4) is 0 Å². The van der Waals surface area contributed by atoms with Crippen molar-refractivity contribution in [2.45, 2.75) is 46.5 Å². The fourth-order valence-electron chi connectivity index (χ4n) is 1.67. The van der Waals surface area contributed by atoms with Crippen LogP contribution in [-0.4, -0.2) is 0 Å². The van der Waals surface area contributed by atoms with Crippen LogP contribution in [0.1, 0.15) is 56.2 Å². The first-order valence-corrected chi connectivity index (χ1v) is 5.61. The summed E-state index contributed by atoms with van der Waals surface area (Å²) in [5.74, 6) is 1.000. The lowest BCUT2D eigenvalue weighted by molar-refractivity contribution is 0.831. The number of hydrogen-bond donors (Lipinski definition) is 0. The number of rotatable bonds is 2. The Morgan fingerprint density at radius 1 is 0.929 bits per heavy atom. The minimum atomic E-state index is 0.500. The van der Waals surface area contributed by atoms with Crippen LogP contribution in [0, 0.1) is 6.92 Å². The molecule has 0 aliphatic heterocycles. The van der Waals surface area contributed by atoms with Gasteiger partial charge in [-0.3, -0.25) is 0 Å². The molecule has 0 atom stereocenters. The van der Waals surface area contributed by atoms with Crippen molar-refractivity contribution in [3.8, 4) is 0 Å². The molecule has 0 saturated carbocycles. The van der Waals surface area contributed by atoms with Crippen LogP contribution >= 0.6 is 11.6 Å². The van der Waals surface area contributed by atoms with Gasteiger partial charge in [-0.2, -0.15) is 0 Å². The molecule has 14 heavy (non-hydrogen) atoms. The smallest absolute Gasteiger partial charge is 0.0475 e. The molecule has 78 valence electrons. The third kappa shape index (κ3) is 2.30. The van der Waals surface area contributed by atoms with Crippen molar-refractivity contribution in [1.29, 1.82) is 0 Å². The zero-order valence-corrected chi connectivity index (χ0v) is 10.4. The zero-order chi connectivity index (χ0) is 10.9. The highest BCUT2D eigenvalue weighted by molar-refractivity contribution is 6.32. The van der Waals surface area contributed by atoms with Gasteiger partial charge in [-0.05, 0) is 29.9 Å². The summed E-state index contributed by atoms with van der Waals surface area (Å²) < 4.78 is 0. The lowest BCUT2D eigenvalue weighted by Gasteiger charge is -2.16. The number of benzene rings is 1. The van der Waals surface area contributed by atoms with Crippen LogP contribution in [0.15, 0.2) is 12.1 Å². The Bertz CT molecular complexity index is 295. The molecule has 1 aromatic carbocycles. The van der Waals surface area contributed by atoms with Gasteiger partial charge in [-0.1, -0.05) is 57.0 Å². The molecule has 0 radical (unpaired) electrons. The minimum Gasteiger partial charge on any atom is -0.0837 e. The molecule has 0 unspecified atom stereocenters. The van der Waals surface area contributed by atoms with Gasteiger partial charge >= 0.3 is 0 Å². The van der Waals surface area contributed by atoms with E-state index in [4.69, 9.17) is 11.6 Å². The summed E-state index contributed by atoms with van der Waals surface area (Å²) in [6.07, 6.45) is 0. The summed E-state index contributed by atoms with van der Waals surface area (Å²) in [5, 5.41) is 0.959. The Kier molecular flexibility index (Phi) is 3.60. The van der Waals surface area contributed by atoms with Crippen LogP contribution in [0.2, 0.25) is 5.02 Å². The molecule has 0 bridgehead atoms. The van der Waals surface area contributed by atoms with Gasteiger partial charge in [0.05, 0.1) is 0 Å². The summed E-state index contributed by atoms with van der Waals surface area (Å²) >= 11 is 6.37. The third-order valence-corrected chi connectivity index (χ3v) is 2.95. The first-order chi connectivity index (χ1) is 6.43. The average Bonchev–Trinajstić information content (AvgIpc) is 2.07. The summed E-state index contributed by atoms with van der Waals surface area (Å²) in [5.41, 5.74) is 3.85. The van der Waals surface area contributed by atoms with Crippen molar-refractivity contribution in [3.63, 3.8) is 0 Å². The molecule has 0 fully saturated rings. The van der Waals surface area contributed by atoms with E-state index in [1.54, 1.807) is 0 Å². The summed E-state index contributed by atoms with van der Waals surface area (Å²) in [6.45, 7) is 10.9. The fraction of sp³-hybridized carbons (Fsp3) is 0.538. The van der Waals surface area contributed by atoms with Gasteiger partial charge in [0.1, 0.15) is 0 Å². The summed E-state index contributed by atoms with van der Waals surface area (Å²) in [4.78, 5) is 0. The molecule has 0 aliphatic carbocycles. The van der Waals surface area contributed by atoms with E-state index in [9.17, 15) is 0 Å². The number of halogens is 1. The Balaban J connectivity index is 3.32. The molecule has 1 aromatic rings. The molecule has 0 nitrogen and oxygen atoms in total. The predicted octanol–water partition coefficient (Wildman–Crippen LogP) is 4.90. The molecule has 0 aliphatic rings.